The highest BCUT2D eigenvalue weighted by molar-refractivity contribution is 9.10. The molecular formula is C15H26BrN3. The lowest BCUT2D eigenvalue weighted by molar-refractivity contribution is 0.174. The minimum Gasteiger partial charge on any atom is -0.329 e. The molecule has 0 fully saturated rings. The smallest absolute Gasteiger partial charge is 0.0486 e. The normalized spacial score (nSPS) is 13.2. The zero-order valence-electron chi connectivity index (χ0n) is 12.3. The molecule has 4 heteroatoms. The van der Waals surface area contributed by atoms with Crippen molar-refractivity contribution >= 4 is 15.9 Å². The summed E-state index contributed by atoms with van der Waals surface area (Å²) in [7, 11) is 0. The van der Waals surface area contributed by atoms with E-state index in [1.165, 1.54) is 18.4 Å². The van der Waals surface area contributed by atoms with E-state index >= 15 is 0 Å². The summed E-state index contributed by atoms with van der Waals surface area (Å²) in [6.07, 6.45) is 6.19. The maximum Gasteiger partial charge on any atom is 0.0486 e. The fourth-order valence-corrected chi connectivity index (χ4v) is 2.84. The Labute approximate surface area is 125 Å². The molecule has 1 aromatic rings. The number of likely N-dealkylation sites (N-methyl/N-ethyl adjacent to an activating group) is 1. The largest absolute Gasteiger partial charge is 0.329 e. The van der Waals surface area contributed by atoms with Gasteiger partial charge in [0.1, 0.15) is 0 Å². The van der Waals surface area contributed by atoms with Gasteiger partial charge in [0.05, 0.1) is 0 Å². The van der Waals surface area contributed by atoms with Crippen LogP contribution in [0.25, 0.3) is 0 Å². The minimum absolute atomic E-state index is 0.260. The highest BCUT2D eigenvalue weighted by Gasteiger charge is 2.20. The molecule has 1 aromatic heterocycles. The Balaban J connectivity index is 2.86. The first-order valence-corrected chi connectivity index (χ1v) is 7.99. The van der Waals surface area contributed by atoms with Gasteiger partial charge in [0.15, 0.2) is 0 Å². The first-order chi connectivity index (χ1) is 9.15. The number of halogens is 1. The SMILES string of the molecule is CCC(CC)CN(CC)C(CN)c1cncc(Br)c1. The second kappa shape index (κ2) is 8.67. The van der Waals surface area contributed by atoms with E-state index in [2.05, 4.69) is 52.7 Å². The lowest BCUT2D eigenvalue weighted by atomic mass is 10.00. The van der Waals surface area contributed by atoms with Crippen LogP contribution in [0, 0.1) is 5.92 Å². The van der Waals surface area contributed by atoms with E-state index in [9.17, 15) is 0 Å². The van der Waals surface area contributed by atoms with E-state index in [0.717, 1.165) is 23.5 Å². The lowest BCUT2D eigenvalue weighted by Crippen LogP contribution is -2.37. The number of hydrogen-bond acceptors (Lipinski definition) is 3. The van der Waals surface area contributed by atoms with Crippen molar-refractivity contribution < 1.29 is 0 Å². The molecule has 1 rings (SSSR count). The van der Waals surface area contributed by atoms with Crippen LogP contribution in [0.2, 0.25) is 0 Å². The summed E-state index contributed by atoms with van der Waals surface area (Å²) in [6, 6.07) is 2.38. The molecular weight excluding hydrogens is 302 g/mol. The van der Waals surface area contributed by atoms with E-state index in [0.29, 0.717) is 6.54 Å². The molecule has 0 saturated heterocycles. The van der Waals surface area contributed by atoms with Gasteiger partial charge in [0.2, 0.25) is 0 Å². The van der Waals surface area contributed by atoms with Crippen LogP contribution in [0.5, 0.6) is 0 Å². The molecule has 1 heterocycles. The van der Waals surface area contributed by atoms with E-state index in [4.69, 9.17) is 5.73 Å². The fourth-order valence-electron chi connectivity index (χ4n) is 2.46. The molecule has 3 nitrogen and oxygen atoms in total. The number of hydrogen-bond donors (Lipinski definition) is 1. The Morgan fingerprint density at radius 1 is 1.26 bits per heavy atom. The van der Waals surface area contributed by atoms with Crippen molar-refractivity contribution in [3.63, 3.8) is 0 Å². The van der Waals surface area contributed by atoms with Crippen molar-refractivity contribution in [1.29, 1.82) is 0 Å². The topological polar surface area (TPSA) is 42.1 Å². The van der Waals surface area contributed by atoms with Gasteiger partial charge in [-0.1, -0.05) is 33.6 Å². The van der Waals surface area contributed by atoms with Crippen LogP contribution in [0.15, 0.2) is 22.9 Å². The van der Waals surface area contributed by atoms with Gasteiger partial charge in [-0.15, -0.1) is 0 Å². The lowest BCUT2D eigenvalue weighted by Gasteiger charge is -2.32. The molecule has 0 amide bonds. The molecule has 0 saturated carbocycles. The van der Waals surface area contributed by atoms with Crippen LogP contribution in [0.1, 0.15) is 45.2 Å². The van der Waals surface area contributed by atoms with Crippen molar-refractivity contribution in [2.75, 3.05) is 19.6 Å². The highest BCUT2D eigenvalue weighted by atomic mass is 79.9. The molecule has 0 radical (unpaired) electrons. The summed E-state index contributed by atoms with van der Waals surface area (Å²) in [6.45, 7) is 9.49. The summed E-state index contributed by atoms with van der Waals surface area (Å²) < 4.78 is 1.02. The fraction of sp³-hybridized carbons (Fsp3) is 0.667. The Hall–Kier alpha value is -0.450. The first-order valence-electron chi connectivity index (χ1n) is 7.20. The Kier molecular flexibility index (Phi) is 7.57. The van der Waals surface area contributed by atoms with Crippen LogP contribution in [0.4, 0.5) is 0 Å². The first kappa shape index (κ1) is 16.6. The van der Waals surface area contributed by atoms with Crippen LogP contribution in [-0.4, -0.2) is 29.5 Å². The van der Waals surface area contributed by atoms with Gasteiger partial charge in [-0.25, -0.2) is 0 Å². The van der Waals surface area contributed by atoms with Gasteiger partial charge in [-0.3, -0.25) is 9.88 Å². The van der Waals surface area contributed by atoms with E-state index in [1.54, 1.807) is 0 Å². The quantitative estimate of drug-likeness (QED) is 0.793. The number of nitrogens with two attached hydrogens (primary N) is 1. The second-order valence-electron chi connectivity index (χ2n) is 4.96. The third kappa shape index (κ3) is 4.86. The van der Waals surface area contributed by atoms with Crippen molar-refractivity contribution in [3.05, 3.63) is 28.5 Å². The molecule has 2 N–H and O–H groups in total. The maximum absolute atomic E-state index is 6.01. The Morgan fingerprint density at radius 3 is 2.42 bits per heavy atom. The average molecular weight is 328 g/mol. The molecule has 0 bridgehead atoms. The van der Waals surface area contributed by atoms with E-state index < -0.39 is 0 Å². The third-order valence-corrected chi connectivity index (χ3v) is 4.26. The third-order valence-electron chi connectivity index (χ3n) is 3.83. The monoisotopic (exact) mass is 327 g/mol. The Bertz CT molecular complexity index is 366. The molecule has 1 unspecified atom stereocenters. The second-order valence-corrected chi connectivity index (χ2v) is 5.87. The number of nitrogens with zero attached hydrogens (tertiary/aromatic N) is 2. The molecule has 1 atom stereocenters. The zero-order chi connectivity index (χ0) is 14.3. The van der Waals surface area contributed by atoms with Crippen LogP contribution >= 0.6 is 15.9 Å². The van der Waals surface area contributed by atoms with E-state index in [1.807, 2.05) is 12.4 Å². The Morgan fingerprint density at radius 2 is 1.95 bits per heavy atom. The van der Waals surface area contributed by atoms with Crippen LogP contribution in [-0.2, 0) is 0 Å². The predicted molar refractivity (Wildman–Crippen MR) is 85.1 cm³/mol. The highest BCUT2D eigenvalue weighted by Crippen LogP contribution is 2.24. The molecule has 0 spiro atoms. The summed E-state index contributed by atoms with van der Waals surface area (Å²) in [5.41, 5.74) is 7.20. The maximum atomic E-state index is 6.01. The van der Waals surface area contributed by atoms with Crippen molar-refractivity contribution in [3.8, 4) is 0 Å². The number of rotatable bonds is 8. The molecule has 108 valence electrons. The van der Waals surface area contributed by atoms with Gasteiger partial charge >= 0.3 is 0 Å². The predicted octanol–water partition coefficient (Wildman–Crippen LogP) is 3.60. The molecule has 0 aliphatic carbocycles. The minimum atomic E-state index is 0.260. The van der Waals surface area contributed by atoms with Crippen molar-refractivity contribution in [2.45, 2.75) is 39.7 Å². The van der Waals surface area contributed by atoms with Crippen LogP contribution < -0.4 is 5.73 Å². The van der Waals surface area contributed by atoms with Gasteiger partial charge in [0, 0.05) is 36.0 Å². The standard InChI is InChI=1S/C15H26BrN3/c1-4-12(5-2)11-19(6-3)15(8-17)13-7-14(16)10-18-9-13/h7,9-10,12,15H,4-6,8,11,17H2,1-3H3. The van der Waals surface area contributed by atoms with Gasteiger partial charge in [0.25, 0.3) is 0 Å². The van der Waals surface area contributed by atoms with Gasteiger partial charge < -0.3 is 5.73 Å². The summed E-state index contributed by atoms with van der Waals surface area (Å²) >= 11 is 3.49. The number of pyridine rings is 1. The van der Waals surface area contributed by atoms with Gasteiger partial charge in [-0.2, -0.15) is 0 Å². The van der Waals surface area contributed by atoms with Crippen molar-refractivity contribution in [1.82, 2.24) is 9.88 Å². The van der Waals surface area contributed by atoms with E-state index in [-0.39, 0.29) is 6.04 Å². The summed E-state index contributed by atoms with van der Waals surface area (Å²) in [5.74, 6) is 0.745. The molecule has 0 aliphatic heterocycles. The number of aromatic nitrogens is 1. The molecule has 19 heavy (non-hydrogen) atoms. The summed E-state index contributed by atoms with van der Waals surface area (Å²) in [5, 5.41) is 0. The van der Waals surface area contributed by atoms with Crippen LogP contribution in [0.3, 0.4) is 0 Å². The molecule has 0 aromatic carbocycles. The zero-order valence-corrected chi connectivity index (χ0v) is 13.9. The van der Waals surface area contributed by atoms with Gasteiger partial charge in [-0.05, 0) is 40.0 Å². The average Bonchev–Trinajstić information content (AvgIpc) is 2.43. The summed E-state index contributed by atoms with van der Waals surface area (Å²) in [4.78, 5) is 6.73. The van der Waals surface area contributed by atoms with Crippen molar-refractivity contribution in [2.24, 2.45) is 11.7 Å². The molecule has 0 aliphatic rings.